The lowest BCUT2D eigenvalue weighted by Gasteiger charge is -2.06. The van der Waals surface area contributed by atoms with Gasteiger partial charge in [0.1, 0.15) is 5.82 Å². The summed E-state index contributed by atoms with van der Waals surface area (Å²) in [7, 11) is 0. The van der Waals surface area contributed by atoms with E-state index in [2.05, 4.69) is 5.43 Å². The Morgan fingerprint density at radius 2 is 2.18 bits per heavy atom. The van der Waals surface area contributed by atoms with Crippen LogP contribution in [0.25, 0.3) is 0 Å². The molecule has 0 fully saturated rings. The van der Waals surface area contributed by atoms with Gasteiger partial charge >= 0.3 is 0 Å². The first kappa shape index (κ1) is 13.9. The van der Waals surface area contributed by atoms with Crippen LogP contribution in [0.15, 0.2) is 12.1 Å². The van der Waals surface area contributed by atoms with Crippen molar-refractivity contribution in [3.8, 4) is 0 Å². The van der Waals surface area contributed by atoms with Crippen LogP contribution in [-0.4, -0.2) is 5.91 Å². The van der Waals surface area contributed by atoms with Crippen molar-refractivity contribution in [3.05, 3.63) is 34.1 Å². The van der Waals surface area contributed by atoms with E-state index in [9.17, 15) is 9.18 Å². The highest BCUT2D eigenvalue weighted by Crippen LogP contribution is 2.22. The number of nitrogens with two attached hydrogens (primary N) is 1. The van der Waals surface area contributed by atoms with Gasteiger partial charge in [0.05, 0.1) is 0 Å². The van der Waals surface area contributed by atoms with Crippen LogP contribution in [0.1, 0.15) is 30.4 Å². The third-order valence-electron chi connectivity index (χ3n) is 2.59. The summed E-state index contributed by atoms with van der Waals surface area (Å²) in [6, 6.07) is 3.08. The predicted molar refractivity (Wildman–Crippen MR) is 66.0 cm³/mol. The summed E-state index contributed by atoms with van der Waals surface area (Å²) >= 11 is 6.00. The van der Waals surface area contributed by atoms with Gasteiger partial charge in [0.15, 0.2) is 0 Å². The molecular weight excluding hydrogens is 243 g/mol. The normalized spacial score (nSPS) is 10.4. The van der Waals surface area contributed by atoms with E-state index in [1.165, 1.54) is 6.07 Å². The van der Waals surface area contributed by atoms with Crippen molar-refractivity contribution >= 4 is 17.5 Å². The van der Waals surface area contributed by atoms with Gasteiger partial charge in [-0.05, 0) is 49.4 Å². The smallest absolute Gasteiger partial charge is 0.233 e. The van der Waals surface area contributed by atoms with Crippen molar-refractivity contribution in [2.75, 3.05) is 0 Å². The molecule has 1 rings (SSSR count). The molecule has 0 saturated carbocycles. The molecule has 0 aliphatic rings. The average Bonchev–Trinajstić information content (AvgIpc) is 2.30. The highest BCUT2D eigenvalue weighted by Gasteiger charge is 2.06. The fraction of sp³-hybridized carbons (Fsp3) is 0.417. The first-order valence-electron chi connectivity index (χ1n) is 5.48. The standard InChI is InChI=1S/C12H16ClFN2O/c1-8-6-10(13)9(7-11(8)14)4-2-3-5-12(17)16-15/h6-7H,2-5,15H2,1H3,(H,16,17). The molecule has 0 bridgehead atoms. The van der Waals surface area contributed by atoms with Crippen molar-refractivity contribution in [3.63, 3.8) is 0 Å². The molecule has 1 aromatic carbocycles. The summed E-state index contributed by atoms with van der Waals surface area (Å²) in [5.74, 6) is 4.52. The minimum Gasteiger partial charge on any atom is -0.294 e. The van der Waals surface area contributed by atoms with Gasteiger partial charge in [-0.2, -0.15) is 0 Å². The van der Waals surface area contributed by atoms with Crippen LogP contribution >= 0.6 is 11.6 Å². The van der Waals surface area contributed by atoms with E-state index in [-0.39, 0.29) is 11.7 Å². The minimum absolute atomic E-state index is 0.189. The number of nitrogens with one attached hydrogen (secondary N) is 1. The second-order valence-electron chi connectivity index (χ2n) is 3.97. The van der Waals surface area contributed by atoms with Gasteiger partial charge in [0, 0.05) is 11.4 Å². The Morgan fingerprint density at radius 3 is 2.82 bits per heavy atom. The third kappa shape index (κ3) is 4.32. The number of halogens is 2. The number of benzene rings is 1. The second kappa shape index (κ2) is 6.57. The van der Waals surface area contributed by atoms with E-state index in [1.54, 1.807) is 13.0 Å². The minimum atomic E-state index is -0.246. The number of carbonyl (C=O) groups is 1. The lowest BCUT2D eigenvalue weighted by atomic mass is 10.0. The molecule has 17 heavy (non-hydrogen) atoms. The maximum absolute atomic E-state index is 13.3. The molecule has 94 valence electrons. The summed E-state index contributed by atoms with van der Waals surface area (Å²) in [6.07, 6.45) is 2.51. The molecule has 3 nitrogen and oxygen atoms in total. The van der Waals surface area contributed by atoms with Gasteiger partial charge in [0.25, 0.3) is 0 Å². The molecule has 3 N–H and O–H groups in total. The molecule has 0 atom stereocenters. The number of rotatable bonds is 5. The Balaban J connectivity index is 2.47. The van der Waals surface area contributed by atoms with Crippen LogP contribution in [0.4, 0.5) is 4.39 Å². The van der Waals surface area contributed by atoms with Crippen molar-refractivity contribution in [2.45, 2.75) is 32.6 Å². The highest BCUT2D eigenvalue weighted by molar-refractivity contribution is 6.31. The fourth-order valence-electron chi connectivity index (χ4n) is 1.55. The summed E-state index contributed by atoms with van der Waals surface area (Å²) in [4.78, 5) is 10.9. The van der Waals surface area contributed by atoms with E-state index < -0.39 is 0 Å². The van der Waals surface area contributed by atoms with Crippen LogP contribution < -0.4 is 11.3 Å². The van der Waals surface area contributed by atoms with Gasteiger partial charge in [0.2, 0.25) is 5.91 Å². The molecule has 0 aliphatic carbocycles. The number of hydrogen-bond donors (Lipinski definition) is 2. The zero-order valence-electron chi connectivity index (χ0n) is 9.72. The lowest BCUT2D eigenvalue weighted by Crippen LogP contribution is -2.29. The lowest BCUT2D eigenvalue weighted by molar-refractivity contribution is -0.121. The third-order valence-corrected chi connectivity index (χ3v) is 2.94. The SMILES string of the molecule is Cc1cc(Cl)c(CCCCC(=O)NN)cc1F. The summed E-state index contributed by atoms with van der Waals surface area (Å²) in [5, 5.41) is 0.576. The summed E-state index contributed by atoms with van der Waals surface area (Å²) in [6.45, 7) is 1.68. The van der Waals surface area contributed by atoms with Crippen LogP contribution in [0.3, 0.4) is 0 Å². The molecule has 0 saturated heterocycles. The summed E-state index contributed by atoms with van der Waals surface area (Å²) in [5.41, 5.74) is 3.39. The monoisotopic (exact) mass is 258 g/mol. The Kier molecular flexibility index (Phi) is 5.38. The van der Waals surface area contributed by atoms with Crippen molar-refractivity contribution in [2.24, 2.45) is 5.84 Å². The quantitative estimate of drug-likeness (QED) is 0.369. The first-order chi connectivity index (χ1) is 8.04. The van der Waals surface area contributed by atoms with E-state index >= 15 is 0 Å². The molecule has 0 unspecified atom stereocenters. The molecule has 1 amide bonds. The molecule has 0 spiro atoms. The molecule has 5 heteroatoms. The van der Waals surface area contributed by atoms with Crippen molar-refractivity contribution < 1.29 is 9.18 Å². The Labute approximate surface area is 105 Å². The number of carbonyl (C=O) groups excluding carboxylic acids is 1. The molecule has 0 aromatic heterocycles. The van der Waals surface area contributed by atoms with Gasteiger partial charge < -0.3 is 0 Å². The number of aryl methyl sites for hydroxylation is 2. The van der Waals surface area contributed by atoms with E-state index in [0.717, 1.165) is 12.0 Å². The average molecular weight is 259 g/mol. The fourth-order valence-corrected chi connectivity index (χ4v) is 1.86. The number of unbranched alkanes of at least 4 members (excludes halogenated alkanes) is 1. The molecular formula is C12H16ClFN2O. The maximum atomic E-state index is 13.3. The van der Waals surface area contributed by atoms with Crippen LogP contribution in [0, 0.1) is 12.7 Å². The van der Waals surface area contributed by atoms with E-state index in [0.29, 0.717) is 29.8 Å². The highest BCUT2D eigenvalue weighted by atomic mass is 35.5. The Hall–Kier alpha value is -1.13. The van der Waals surface area contributed by atoms with Gasteiger partial charge in [-0.3, -0.25) is 10.2 Å². The van der Waals surface area contributed by atoms with Gasteiger partial charge in [-0.25, -0.2) is 10.2 Å². The van der Waals surface area contributed by atoms with Crippen LogP contribution in [-0.2, 0) is 11.2 Å². The number of hydrogen-bond acceptors (Lipinski definition) is 2. The van der Waals surface area contributed by atoms with Gasteiger partial charge in [-0.15, -0.1) is 0 Å². The maximum Gasteiger partial charge on any atom is 0.233 e. The van der Waals surface area contributed by atoms with Crippen LogP contribution in [0.5, 0.6) is 0 Å². The van der Waals surface area contributed by atoms with Gasteiger partial charge in [-0.1, -0.05) is 11.6 Å². The molecule has 1 aromatic rings. The Bertz CT molecular complexity index is 410. The predicted octanol–water partition coefficient (Wildman–Crippen LogP) is 2.49. The number of hydrazine groups is 1. The molecule has 0 radical (unpaired) electrons. The first-order valence-corrected chi connectivity index (χ1v) is 5.86. The summed E-state index contributed by atoms with van der Waals surface area (Å²) < 4.78 is 13.3. The topological polar surface area (TPSA) is 55.1 Å². The molecule has 0 aliphatic heterocycles. The van der Waals surface area contributed by atoms with E-state index in [4.69, 9.17) is 17.4 Å². The van der Waals surface area contributed by atoms with E-state index in [1.807, 2.05) is 0 Å². The molecule has 0 heterocycles. The second-order valence-corrected chi connectivity index (χ2v) is 4.37. The van der Waals surface area contributed by atoms with Crippen molar-refractivity contribution in [1.82, 2.24) is 5.43 Å². The van der Waals surface area contributed by atoms with Crippen LogP contribution in [0.2, 0.25) is 5.02 Å². The zero-order chi connectivity index (χ0) is 12.8. The van der Waals surface area contributed by atoms with Crippen molar-refractivity contribution in [1.29, 1.82) is 0 Å². The zero-order valence-corrected chi connectivity index (χ0v) is 10.5. The Morgan fingerprint density at radius 1 is 1.47 bits per heavy atom. The largest absolute Gasteiger partial charge is 0.294 e. The number of amides is 1.